The fourth-order valence-corrected chi connectivity index (χ4v) is 3.22. The molecule has 0 bridgehead atoms. The first-order chi connectivity index (χ1) is 10.8. The van der Waals surface area contributed by atoms with Crippen molar-refractivity contribution < 1.29 is 19.4 Å². The van der Waals surface area contributed by atoms with Crippen molar-refractivity contribution in [3.8, 4) is 0 Å². The second-order valence-electron chi connectivity index (χ2n) is 6.57. The van der Waals surface area contributed by atoms with E-state index < -0.39 is 18.1 Å². The Bertz CT molecular complexity index is 582. The molecule has 1 heterocycles. The number of carboxylic acids is 1. The zero-order valence-corrected chi connectivity index (χ0v) is 14.2. The van der Waals surface area contributed by atoms with E-state index in [9.17, 15) is 14.7 Å². The Kier molecular flexibility index (Phi) is 5.29. The van der Waals surface area contributed by atoms with Gasteiger partial charge in [0.1, 0.15) is 6.04 Å². The molecule has 5 heteroatoms. The van der Waals surface area contributed by atoms with E-state index in [-0.39, 0.29) is 12.1 Å². The van der Waals surface area contributed by atoms with Crippen molar-refractivity contribution in [2.45, 2.75) is 64.6 Å². The van der Waals surface area contributed by atoms with Crippen molar-refractivity contribution in [1.82, 2.24) is 4.90 Å². The summed E-state index contributed by atoms with van der Waals surface area (Å²) in [5, 5.41) is 9.46. The van der Waals surface area contributed by atoms with Crippen molar-refractivity contribution >= 4 is 12.1 Å². The molecule has 0 aliphatic carbocycles. The van der Waals surface area contributed by atoms with Gasteiger partial charge in [0.2, 0.25) is 0 Å². The zero-order chi connectivity index (χ0) is 17.1. The predicted molar refractivity (Wildman–Crippen MR) is 87.4 cm³/mol. The van der Waals surface area contributed by atoms with E-state index in [2.05, 4.69) is 13.8 Å². The third kappa shape index (κ3) is 3.66. The van der Waals surface area contributed by atoms with Crippen LogP contribution in [-0.4, -0.2) is 34.2 Å². The summed E-state index contributed by atoms with van der Waals surface area (Å²) in [7, 11) is 0. The Hall–Kier alpha value is -2.04. The van der Waals surface area contributed by atoms with Crippen molar-refractivity contribution in [1.29, 1.82) is 0 Å². The second kappa shape index (κ2) is 7.02. The monoisotopic (exact) mass is 319 g/mol. The summed E-state index contributed by atoms with van der Waals surface area (Å²) in [5.74, 6) is -0.673. The molecule has 0 spiro atoms. The first-order valence-corrected chi connectivity index (χ1v) is 8.13. The minimum absolute atomic E-state index is 0.249. The minimum Gasteiger partial charge on any atom is -0.480 e. The summed E-state index contributed by atoms with van der Waals surface area (Å²) in [6.07, 6.45) is 0.250. The van der Waals surface area contributed by atoms with E-state index in [0.29, 0.717) is 18.8 Å². The highest BCUT2D eigenvalue weighted by atomic mass is 16.6. The number of nitrogens with zero attached hydrogens (tertiary/aromatic N) is 1. The number of carboxylic acid groups (broad SMARTS) is 1. The average molecular weight is 319 g/mol. The molecule has 0 saturated carbocycles. The smallest absolute Gasteiger partial charge is 0.411 e. The molecule has 126 valence electrons. The topological polar surface area (TPSA) is 66.8 Å². The number of hydrogen-bond donors (Lipinski definition) is 1. The normalized spacial score (nSPS) is 21.0. The maximum Gasteiger partial charge on any atom is 0.411 e. The Balaban J connectivity index is 2.40. The van der Waals surface area contributed by atoms with Gasteiger partial charge in [-0.25, -0.2) is 9.59 Å². The number of rotatable bonds is 4. The Morgan fingerprint density at radius 2 is 1.83 bits per heavy atom. The average Bonchev–Trinajstić information content (AvgIpc) is 2.91. The van der Waals surface area contributed by atoms with Crippen LogP contribution < -0.4 is 0 Å². The largest absolute Gasteiger partial charge is 0.480 e. The van der Waals surface area contributed by atoms with Crippen LogP contribution in [0.1, 0.15) is 63.6 Å². The molecule has 0 radical (unpaired) electrons. The van der Waals surface area contributed by atoms with Crippen LogP contribution in [0.15, 0.2) is 24.3 Å². The lowest BCUT2D eigenvalue weighted by atomic mass is 9.92. The molecule has 1 aromatic rings. The summed E-state index contributed by atoms with van der Waals surface area (Å²) >= 11 is 0. The molecule has 23 heavy (non-hydrogen) atoms. The van der Waals surface area contributed by atoms with E-state index >= 15 is 0 Å². The molecule has 5 nitrogen and oxygen atoms in total. The van der Waals surface area contributed by atoms with Crippen LogP contribution in [-0.2, 0) is 9.53 Å². The van der Waals surface area contributed by atoms with Crippen LogP contribution >= 0.6 is 0 Å². The molecule has 1 aliphatic heterocycles. The van der Waals surface area contributed by atoms with Crippen molar-refractivity contribution in [2.75, 3.05) is 0 Å². The first kappa shape index (κ1) is 17.3. The molecular weight excluding hydrogens is 294 g/mol. The molecule has 2 rings (SSSR count). The van der Waals surface area contributed by atoms with Gasteiger partial charge in [-0.2, -0.15) is 0 Å². The van der Waals surface area contributed by atoms with Gasteiger partial charge in [0.15, 0.2) is 0 Å². The van der Waals surface area contributed by atoms with E-state index in [0.717, 1.165) is 11.1 Å². The maximum absolute atomic E-state index is 12.5. The van der Waals surface area contributed by atoms with E-state index in [1.165, 1.54) is 4.90 Å². The molecule has 0 aromatic heterocycles. The molecule has 1 N–H and O–H groups in total. The van der Waals surface area contributed by atoms with Crippen LogP contribution in [0, 0.1) is 0 Å². The molecule has 1 amide bonds. The van der Waals surface area contributed by atoms with Gasteiger partial charge in [-0.3, -0.25) is 4.90 Å². The van der Waals surface area contributed by atoms with Gasteiger partial charge in [0.25, 0.3) is 0 Å². The molecule has 1 aromatic carbocycles. The van der Waals surface area contributed by atoms with Crippen LogP contribution in [0.4, 0.5) is 4.79 Å². The van der Waals surface area contributed by atoms with Crippen LogP contribution in [0.3, 0.4) is 0 Å². The SMILES string of the molecule is CC(C)OC(=O)N1C(C(=O)O)CCC1c1ccccc1C(C)C. The Morgan fingerprint density at radius 3 is 2.39 bits per heavy atom. The lowest BCUT2D eigenvalue weighted by molar-refractivity contribution is -0.142. The third-order valence-corrected chi connectivity index (χ3v) is 4.19. The number of amides is 1. The Labute approximate surface area is 137 Å². The molecule has 1 aliphatic rings. The van der Waals surface area contributed by atoms with Gasteiger partial charge >= 0.3 is 12.1 Å². The molecular formula is C18H25NO4. The quantitative estimate of drug-likeness (QED) is 0.912. The number of benzene rings is 1. The second-order valence-corrected chi connectivity index (χ2v) is 6.57. The highest BCUT2D eigenvalue weighted by molar-refractivity contribution is 5.81. The molecule has 1 fully saturated rings. The summed E-state index contributed by atoms with van der Waals surface area (Å²) in [6, 6.07) is 6.85. The minimum atomic E-state index is -0.977. The van der Waals surface area contributed by atoms with E-state index in [1.807, 2.05) is 24.3 Å². The van der Waals surface area contributed by atoms with Gasteiger partial charge in [0, 0.05) is 0 Å². The Morgan fingerprint density at radius 1 is 1.17 bits per heavy atom. The van der Waals surface area contributed by atoms with Crippen LogP contribution in [0.25, 0.3) is 0 Å². The predicted octanol–water partition coefficient (Wildman–Crippen LogP) is 3.95. The van der Waals surface area contributed by atoms with Crippen LogP contribution in [0.2, 0.25) is 0 Å². The lowest BCUT2D eigenvalue weighted by Crippen LogP contribution is -2.43. The summed E-state index contributed by atoms with van der Waals surface area (Å²) in [4.78, 5) is 25.4. The van der Waals surface area contributed by atoms with Crippen molar-refractivity contribution in [2.24, 2.45) is 0 Å². The van der Waals surface area contributed by atoms with Crippen molar-refractivity contribution in [3.63, 3.8) is 0 Å². The highest BCUT2D eigenvalue weighted by Gasteiger charge is 2.43. The summed E-state index contributed by atoms with van der Waals surface area (Å²) < 4.78 is 5.29. The fourth-order valence-electron chi connectivity index (χ4n) is 3.22. The number of likely N-dealkylation sites (tertiary alicyclic amines) is 1. The zero-order valence-electron chi connectivity index (χ0n) is 14.2. The number of aliphatic carboxylic acids is 1. The fraction of sp³-hybridized carbons (Fsp3) is 0.556. The van der Waals surface area contributed by atoms with Gasteiger partial charge in [-0.1, -0.05) is 38.1 Å². The van der Waals surface area contributed by atoms with Gasteiger partial charge in [0.05, 0.1) is 12.1 Å². The number of carbonyl (C=O) groups is 2. The van der Waals surface area contributed by atoms with Gasteiger partial charge in [-0.15, -0.1) is 0 Å². The molecule has 2 unspecified atom stereocenters. The van der Waals surface area contributed by atoms with E-state index in [1.54, 1.807) is 13.8 Å². The highest BCUT2D eigenvalue weighted by Crippen LogP contribution is 2.39. The maximum atomic E-state index is 12.5. The molecule has 1 saturated heterocycles. The third-order valence-electron chi connectivity index (χ3n) is 4.19. The lowest BCUT2D eigenvalue weighted by Gasteiger charge is -2.30. The first-order valence-electron chi connectivity index (χ1n) is 8.13. The van der Waals surface area contributed by atoms with Gasteiger partial charge < -0.3 is 9.84 Å². The van der Waals surface area contributed by atoms with Crippen LogP contribution in [0.5, 0.6) is 0 Å². The van der Waals surface area contributed by atoms with Gasteiger partial charge in [-0.05, 0) is 43.7 Å². The number of hydrogen-bond acceptors (Lipinski definition) is 3. The number of ether oxygens (including phenoxy) is 1. The molecule has 2 atom stereocenters. The summed E-state index contributed by atoms with van der Waals surface area (Å²) in [5.41, 5.74) is 2.16. The standard InChI is InChI=1S/C18H25NO4/c1-11(2)13-7-5-6-8-14(13)15-9-10-16(17(20)21)19(15)18(22)23-12(3)4/h5-8,11-12,15-16H,9-10H2,1-4H3,(H,20,21). The van der Waals surface area contributed by atoms with Crippen molar-refractivity contribution in [3.05, 3.63) is 35.4 Å². The summed E-state index contributed by atoms with van der Waals surface area (Å²) in [6.45, 7) is 7.72. The van der Waals surface area contributed by atoms with E-state index in [4.69, 9.17) is 4.74 Å². The number of carbonyl (C=O) groups excluding carboxylic acids is 1.